The maximum absolute atomic E-state index is 11.6. The lowest BCUT2D eigenvalue weighted by Crippen LogP contribution is -2.28. The largest absolute Gasteiger partial charge is 0.465 e. The zero-order valence-corrected chi connectivity index (χ0v) is 12.5. The summed E-state index contributed by atoms with van der Waals surface area (Å²) in [4.78, 5) is 12.3. The van der Waals surface area contributed by atoms with Gasteiger partial charge in [-0.25, -0.2) is 4.79 Å². The summed E-state index contributed by atoms with van der Waals surface area (Å²) < 4.78 is 11.2. The molecule has 1 fully saturated rings. The maximum Gasteiger partial charge on any atom is 0.350 e. The quantitative estimate of drug-likeness (QED) is 0.659. The molecule has 1 aliphatic heterocycles. The highest BCUT2D eigenvalue weighted by molar-refractivity contribution is 14.1. The lowest BCUT2D eigenvalue weighted by molar-refractivity contribution is 0.0607. The van der Waals surface area contributed by atoms with E-state index in [1.807, 2.05) is 6.07 Å². The highest BCUT2D eigenvalue weighted by Crippen LogP contribution is 2.30. The molecule has 4 nitrogen and oxygen atoms in total. The van der Waals surface area contributed by atoms with Crippen molar-refractivity contribution in [2.45, 2.75) is 18.9 Å². The van der Waals surface area contributed by atoms with Crippen LogP contribution in [0.1, 0.15) is 22.5 Å². The lowest BCUT2D eigenvalue weighted by atomic mass is 10.1. The van der Waals surface area contributed by atoms with E-state index in [0.29, 0.717) is 10.9 Å². The summed E-state index contributed by atoms with van der Waals surface area (Å²) in [5.41, 5.74) is 0.887. The first-order valence-corrected chi connectivity index (χ1v) is 7.32. The minimum atomic E-state index is -0.271. The van der Waals surface area contributed by atoms with Crippen LogP contribution in [-0.2, 0) is 9.47 Å². The molecule has 2 rings (SSSR count). The molecule has 1 aromatic rings. The van der Waals surface area contributed by atoms with E-state index in [-0.39, 0.29) is 5.97 Å². The monoisotopic (exact) mass is 367 g/mol. The Morgan fingerprint density at radius 2 is 2.29 bits per heavy atom. The van der Waals surface area contributed by atoms with Gasteiger partial charge in [0, 0.05) is 19.3 Å². The Hall–Kier alpha value is -0.340. The molecule has 0 aliphatic carbocycles. The average Bonchev–Trinajstić information content (AvgIpc) is 2.70. The van der Waals surface area contributed by atoms with Crippen LogP contribution >= 0.6 is 33.9 Å². The first kappa shape index (κ1) is 13.1. The molecule has 0 saturated carbocycles. The van der Waals surface area contributed by atoms with E-state index >= 15 is 0 Å². The van der Waals surface area contributed by atoms with Crippen LogP contribution in [-0.4, -0.2) is 32.3 Å². The number of halogens is 1. The zero-order valence-electron chi connectivity index (χ0n) is 9.49. The number of carbonyl (C=O) groups is 1. The molecule has 0 amide bonds. The van der Waals surface area contributed by atoms with Gasteiger partial charge in [-0.2, -0.15) is 0 Å². The van der Waals surface area contributed by atoms with Gasteiger partial charge in [0.25, 0.3) is 0 Å². The van der Waals surface area contributed by atoms with Gasteiger partial charge in [-0.1, -0.05) is 0 Å². The fraction of sp³-hybridized carbons (Fsp3) is 0.545. The predicted molar refractivity (Wildman–Crippen MR) is 75.8 cm³/mol. The Balaban J connectivity index is 2.11. The maximum atomic E-state index is 11.6. The summed E-state index contributed by atoms with van der Waals surface area (Å²) in [5, 5.41) is 3.41. The molecule has 0 radical (unpaired) electrons. The number of anilines is 1. The molecule has 1 saturated heterocycles. The molecule has 1 aromatic heterocycles. The molecule has 2 heterocycles. The number of methoxy groups -OCH3 is 1. The zero-order chi connectivity index (χ0) is 12.3. The van der Waals surface area contributed by atoms with Crippen LogP contribution in [0.2, 0.25) is 0 Å². The van der Waals surface area contributed by atoms with E-state index in [4.69, 9.17) is 9.47 Å². The van der Waals surface area contributed by atoms with Gasteiger partial charge in [0.2, 0.25) is 0 Å². The molecular formula is C11H14INO3S. The number of esters is 1. The first-order chi connectivity index (χ1) is 8.20. The first-order valence-electron chi connectivity index (χ1n) is 5.42. The normalized spacial score (nSPS) is 16.8. The standard InChI is InChI=1S/C11H14INO3S/c1-15-11(14)10-8(6-9(12)17-10)13-7-2-4-16-5-3-7/h6-7,13H,2-5H2,1H3. The second kappa shape index (κ2) is 6.01. The van der Waals surface area contributed by atoms with Crippen LogP contribution in [0.25, 0.3) is 0 Å². The summed E-state index contributed by atoms with van der Waals surface area (Å²) in [6, 6.07) is 2.38. The van der Waals surface area contributed by atoms with Crippen molar-refractivity contribution in [3.63, 3.8) is 0 Å². The number of rotatable bonds is 3. The summed E-state index contributed by atoms with van der Waals surface area (Å²) in [5.74, 6) is -0.271. The van der Waals surface area contributed by atoms with Gasteiger partial charge in [0.1, 0.15) is 4.88 Å². The highest BCUT2D eigenvalue weighted by atomic mass is 127. The fourth-order valence-corrected chi connectivity index (χ4v) is 3.51. The fourth-order valence-electron chi connectivity index (χ4n) is 1.77. The van der Waals surface area contributed by atoms with Crippen molar-refractivity contribution in [2.75, 3.05) is 25.6 Å². The molecule has 6 heteroatoms. The number of nitrogens with one attached hydrogen (secondary N) is 1. The summed E-state index contributed by atoms with van der Waals surface area (Å²) in [7, 11) is 1.41. The highest BCUT2D eigenvalue weighted by Gasteiger charge is 2.20. The Bertz CT molecular complexity index is 401. The molecule has 0 unspecified atom stereocenters. The van der Waals surface area contributed by atoms with Crippen LogP contribution < -0.4 is 5.32 Å². The van der Waals surface area contributed by atoms with E-state index in [9.17, 15) is 4.79 Å². The average molecular weight is 367 g/mol. The molecule has 17 heavy (non-hydrogen) atoms. The van der Waals surface area contributed by atoms with Crippen LogP contribution in [0.5, 0.6) is 0 Å². The van der Waals surface area contributed by atoms with Crippen molar-refractivity contribution in [1.82, 2.24) is 0 Å². The Kier molecular flexibility index (Phi) is 4.63. The van der Waals surface area contributed by atoms with Crippen molar-refractivity contribution < 1.29 is 14.3 Å². The number of hydrogen-bond donors (Lipinski definition) is 1. The Morgan fingerprint density at radius 1 is 1.59 bits per heavy atom. The number of carbonyl (C=O) groups excluding carboxylic acids is 1. The van der Waals surface area contributed by atoms with Crippen molar-refractivity contribution in [1.29, 1.82) is 0 Å². The van der Waals surface area contributed by atoms with Gasteiger partial charge >= 0.3 is 5.97 Å². The van der Waals surface area contributed by atoms with Crippen molar-refractivity contribution in [3.8, 4) is 0 Å². The SMILES string of the molecule is COC(=O)c1sc(I)cc1NC1CCOCC1. The Labute approximate surface area is 118 Å². The third kappa shape index (κ3) is 3.32. The number of ether oxygens (including phenoxy) is 2. The molecule has 0 bridgehead atoms. The molecule has 0 atom stereocenters. The van der Waals surface area contributed by atoms with Gasteiger partial charge in [0.15, 0.2) is 0 Å². The molecule has 94 valence electrons. The summed E-state index contributed by atoms with van der Waals surface area (Å²) in [6.07, 6.45) is 1.96. The van der Waals surface area contributed by atoms with E-state index < -0.39 is 0 Å². The van der Waals surface area contributed by atoms with Crippen molar-refractivity contribution in [3.05, 3.63) is 13.8 Å². The third-order valence-corrected chi connectivity index (χ3v) is 4.53. The number of thiophene rings is 1. The molecule has 1 aliphatic rings. The smallest absolute Gasteiger partial charge is 0.350 e. The third-order valence-electron chi connectivity index (χ3n) is 2.65. The molecule has 1 N–H and O–H groups in total. The second-order valence-electron chi connectivity index (χ2n) is 3.82. The van der Waals surface area contributed by atoms with E-state index in [1.54, 1.807) is 0 Å². The van der Waals surface area contributed by atoms with Gasteiger partial charge in [-0.3, -0.25) is 0 Å². The van der Waals surface area contributed by atoms with Crippen molar-refractivity contribution >= 4 is 45.6 Å². The Morgan fingerprint density at radius 3 is 2.94 bits per heavy atom. The van der Waals surface area contributed by atoms with Crippen LogP contribution in [0.15, 0.2) is 6.07 Å². The minimum absolute atomic E-state index is 0.271. The minimum Gasteiger partial charge on any atom is -0.465 e. The number of hydrogen-bond acceptors (Lipinski definition) is 5. The lowest BCUT2D eigenvalue weighted by Gasteiger charge is -2.23. The summed E-state index contributed by atoms with van der Waals surface area (Å²) >= 11 is 3.67. The predicted octanol–water partition coefficient (Wildman–Crippen LogP) is 2.73. The van der Waals surface area contributed by atoms with Crippen LogP contribution in [0.4, 0.5) is 5.69 Å². The topological polar surface area (TPSA) is 47.6 Å². The molecule has 0 spiro atoms. The molecule has 0 aromatic carbocycles. The van der Waals surface area contributed by atoms with Gasteiger partial charge in [-0.05, 0) is 41.5 Å². The van der Waals surface area contributed by atoms with Crippen LogP contribution in [0, 0.1) is 2.88 Å². The van der Waals surface area contributed by atoms with E-state index in [0.717, 1.165) is 34.6 Å². The van der Waals surface area contributed by atoms with Gasteiger partial charge < -0.3 is 14.8 Å². The van der Waals surface area contributed by atoms with Crippen molar-refractivity contribution in [2.24, 2.45) is 0 Å². The molecular weight excluding hydrogens is 353 g/mol. The second-order valence-corrected chi connectivity index (χ2v) is 6.76. The van der Waals surface area contributed by atoms with Gasteiger partial charge in [0.05, 0.1) is 15.7 Å². The van der Waals surface area contributed by atoms with E-state index in [1.165, 1.54) is 18.4 Å². The van der Waals surface area contributed by atoms with Gasteiger partial charge in [-0.15, -0.1) is 11.3 Å². The van der Waals surface area contributed by atoms with E-state index in [2.05, 4.69) is 27.9 Å². The van der Waals surface area contributed by atoms with Crippen LogP contribution in [0.3, 0.4) is 0 Å². The summed E-state index contributed by atoms with van der Waals surface area (Å²) in [6.45, 7) is 1.57.